The predicted molar refractivity (Wildman–Crippen MR) is 122 cm³/mol. The number of aromatic hydroxyl groups is 2. The number of methoxy groups -OCH3 is 1. The Morgan fingerprint density at radius 1 is 0.939 bits per heavy atom. The van der Waals surface area contributed by atoms with Gasteiger partial charge in [0.25, 0.3) is 0 Å². The van der Waals surface area contributed by atoms with Crippen molar-refractivity contribution in [3.63, 3.8) is 0 Å². The van der Waals surface area contributed by atoms with E-state index in [1.807, 2.05) is 6.92 Å². The first-order valence-corrected chi connectivity index (χ1v) is 10.3. The third kappa shape index (κ3) is 4.01. The maximum Gasteiger partial charge on any atom is 0.240 e. The van der Waals surface area contributed by atoms with E-state index in [1.165, 1.54) is 29.9 Å². The molecule has 0 saturated heterocycles. The molecule has 0 unspecified atom stereocenters. The summed E-state index contributed by atoms with van der Waals surface area (Å²) >= 11 is 0. The summed E-state index contributed by atoms with van der Waals surface area (Å²) in [5, 5.41) is 21.6. The molecule has 0 fully saturated rings. The van der Waals surface area contributed by atoms with Crippen LogP contribution in [0.3, 0.4) is 0 Å². The van der Waals surface area contributed by atoms with E-state index in [0.717, 1.165) is 0 Å². The summed E-state index contributed by atoms with van der Waals surface area (Å²) in [5.41, 5.74) is 0.536. The second-order valence-electron chi connectivity index (χ2n) is 7.20. The monoisotopic (exact) mass is 447 g/mol. The van der Waals surface area contributed by atoms with Gasteiger partial charge >= 0.3 is 0 Å². The Labute approximate surface area is 190 Å². The first-order chi connectivity index (χ1) is 16.0. The lowest BCUT2D eigenvalue weighted by atomic mass is 9.98. The fourth-order valence-corrected chi connectivity index (χ4v) is 3.67. The zero-order chi connectivity index (χ0) is 23.5. The van der Waals surface area contributed by atoms with E-state index in [2.05, 4.69) is 0 Å². The second kappa shape index (κ2) is 9.08. The Morgan fingerprint density at radius 2 is 1.58 bits per heavy atom. The maximum atomic E-state index is 14.9. The van der Waals surface area contributed by atoms with Gasteiger partial charge in [0.2, 0.25) is 5.88 Å². The van der Waals surface area contributed by atoms with E-state index in [4.69, 9.17) is 9.47 Å². The van der Waals surface area contributed by atoms with Gasteiger partial charge in [0.1, 0.15) is 17.3 Å². The van der Waals surface area contributed by atoms with Crippen molar-refractivity contribution in [3.05, 3.63) is 89.7 Å². The normalized spacial score (nSPS) is 10.8. The fourth-order valence-electron chi connectivity index (χ4n) is 3.67. The van der Waals surface area contributed by atoms with Crippen LogP contribution in [0, 0.1) is 5.82 Å². The van der Waals surface area contributed by atoms with Gasteiger partial charge in [-0.2, -0.15) is 0 Å². The molecule has 4 rings (SSSR count). The molecule has 7 heteroatoms. The average Bonchev–Trinajstić information content (AvgIpc) is 3.10. The molecule has 33 heavy (non-hydrogen) atoms. The standard InChI is InChI=1S/C26H22FNO5/c1-3-33-19-12-8-16(9-13-19)24(29)22-23(20-6-4-5-7-21(20)27)28(26(31)25(22)30)17-10-14-18(32-2)15-11-17/h4-15,30-31H,3H2,1-2H3. The molecule has 6 nitrogen and oxygen atoms in total. The van der Waals surface area contributed by atoms with Gasteiger partial charge in [0.15, 0.2) is 11.5 Å². The van der Waals surface area contributed by atoms with Crippen LogP contribution in [0.5, 0.6) is 23.1 Å². The van der Waals surface area contributed by atoms with Gasteiger partial charge in [-0.15, -0.1) is 0 Å². The molecule has 0 aliphatic rings. The van der Waals surface area contributed by atoms with Crippen molar-refractivity contribution in [1.29, 1.82) is 0 Å². The van der Waals surface area contributed by atoms with Gasteiger partial charge in [-0.25, -0.2) is 4.39 Å². The number of ether oxygens (including phenoxy) is 2. The molecule has 1 aromatic heterocycles. The molecular weight excluding hydrogens is 425 g/mol. The Hall–Kier alpha value is -4.26. The summed E-state index contributed by atoms with van der Waals surface area (Å²) in [7, 11) is 1.52. The summed E-state index contributed by atoms with van der Waals surface area (Å²) in [4.78, 5) is 13.5. The van der Waals surface area contributed by atoms with Gasteiger partial charge in [-0.3, -0.25) is 9.36 Å². The van der Waals surface area contributed by atoms with Gasteiger partial charge in [0, 0.05) is 16.8 Å². The van der Waals surface area contributed by atoms with Gasteiger partial charge in [-0.1, -0.05) is 12.1 Å². The third-order valence-corrected chi connectivity index (χ3v) is 5.23. The van der Waals surface area contributed by atoms with Crippen LogP contribution in [0.25, 0.3) is 16.9 Å². The van der Waals surface area contributed by atoms with Crippen molar-refractivity contribution in [2.45, 2.75) is 6.92 Å². The number of nitrogens with zero attached hydrogens (tertiary/aromatic N) is 1. The number of aromatic nitrogens is 1. The van der Waals surface area contributed by atoms with Gasteiger partial charge in [0.05, 0.1) is 25.0 Å². The lowest BCUT2D eigenvalue weighted by molar-refractivity contribution is 0.103. The van der Waals surface area contributed by atoms with Crippen LogP contribution in [0.4, 0.5) is 4.39 Å². The molecule has 4 aromatic rings. The minimum Gasteiger partial charge on any atom is -0.503 e. The molecule has 1 heterocycles. The van der Waals surface area contributed by atoms with E-state index in [-0.39, 0.29) is 22.4 Å². The molecule has 0 spiro atoms. The van der Waals surface area contributed by atoms with Crippen LogP contribution in [-0.4, -0.2) is 34.3 Å². The van der Waals surface area contributed by atoms with E-state index in [0.29, 0.717) is 23.8 Å². The molecule has 168 valence electrons. The predicted octanol–water partition coefficient (Wildman–Crippen LogP) is 5.33. The molecule has 0 aliphatic heterocycles. The minimum absolute atomic E-state index is 0.0344. The van der Waals surface area contributed by atoms with Crippen molar-refractivity contribution in [3.8, 4) is 40.1 Å². The van der Waals surface area contributed by atoms with Crippen molar-refractivity contribution in [1.82, 2.24) is 4.57 Å². The number of carbonyl (C=O) groups is 1. The number of halogens is 1. The van der Waals surface area contributed by atoms with E-state index < -0.39 is 23.2 Å². The summed E-state index contributed by atoms with van der Waals surface area (Å²) in [5.74, 6) is -1.23. The third-order valence-electron chi connectivity index (χ3n) is 5.23. The van der Waals surface area contributed by atoms with Crippen molar-refractivity contribution in [2.75, 3.05) is 13.7 Å². The van der Waals surface area contributed by atoms with Crippen LogP contribution in [0.1, 0.15) is 22.8 Å². The number of hydrogen-bond donors (Lipinski definition) is 2. The Balaban J connectivity index is 1.95. The topological polar surface area (TPSA) is 80.9 Å². The quantitative estimate of drug-likeness (QED) is 0.374. The molecular formula is C26H22FNO5. The van der Waals surface area contributed by atoms with Crippen LogP contribution in [-0.2, 0) is 0 Å². The molecule has 0 amide bonds. The van der Waals surface area contributed by atoms with Gasteiger partial charge < -0.3 is 19.7 Å². The number of hydrogen-bond acceptors (Lipinski definition) is 5. The Bertz CT molecular complexity index is 1290. The number of carbonyl (C=O) groups excluding carboxylic acids is 1. The summed E-state index contributed by atoms with van der Waals surface area (Å²) < 4.78 is 26.7. The van der Waals surface area contributed by atoms with Crippen LogP contribution in [0.15, 0.2) is 72.8 Å². The summed E-state index contributed by atoms with van der Waals surface area (Å²) in [6.07, 6.45) is 0. The van der Waals surface area contributed by atoms with E-state index in [1.54, 1.807) is 54.6 Å². The van der Waals surface area contributed by atoms with Gasteiger partial charge in [-0.05, 0) is 67.6 Å². The molecule has 2 N–H and O–H groups in total. The highest BCUT2D eigenvalue weighted by Crippen LogP contribution is 2.44. The van der Waals surface area contributed by atoms with Crippen LogP contribution < -0.4 is 9.47 Å². The molecule has 0 atom stereocenters. The first-order valence-electron chi connectivity index (χ1n) is 10.3. The lowest BCUT2D eigenvalue weighted by Crippen LogP contribution is -2.06. The Kier molecular flexibility index (Phi) is 6.04. The molecule has 0 saturated carbocycles. The minimum atomic E-state index is -0.636. The zero-order valence-electron chi connectivity index (χ0n) is 18.1. The molecule has 0 bridgehead atoms. The highest BCUT2D eigenvalue weighted by molar-refractivity contribution is 6.15. The van der Waals surface area contributed by atoms with Crippen molar-refractivity contribution in [2.24, 2.45) is 0 Å². The number of benzene rings is 3. The molecule has 3 aromatic carbocycles. The fraction of sp³-hybridized carbons (Fsp3) is 0.115. The summed E-state index contributed by atoms with van der Waals surface area (Å²) in [6, 6.07) is 18.8. The second-order valence-corrected chi connectivity index (χ2v) is 7.20. The molecule has 0 aliphatic carbocycles. The highest BCUT2D eigenvalue weighted by Gasteiger charge is 2.31. The van der Waals surface area contributed by atoms with E-state index >= 15 is 0 Å². The van der Waals surface area contributed by atoms with Crippen molar-refractivity contribution >= 4 is 5.78 Å². The zero-order valence-corrected chi connectivity index (χ0v) is 18.1. The Morgan fingerprint density at radius 3 is 2.18 bits per heavy atom. The number of ketones is 1. The first kappa shape index (κ1) is 22.0. The van der Waals surface area contributed by atoms with Crippen LogP contribution >= 0.6 is 0 Å². The SMILES string of the molecule is CCOc1ccc(C(=O)c2c(O)c(O)n(-c3ccc(OC)cc3)c2-c2ccccc2F)cc1. The number of rotatable bonds is 7. The summed E-state index contributed by atoms with van der Waals surface area (Å²) in [6.45, 7) is 2.33. The molecule has 0 radical (unpaired) electrons. The van der Waals surface area contributed by atoms with Crippen molar-refractivity contribution < 1.29 is 28.9 Å². The maximum absolute atomic E-state index is 14.9. The smallest absolute Gasteiger partial charge is 0.240 e. The average molecular weight is 447 g/mol. The highest BCUT2D eigenvalue weighted by atomic mass is 19.1. The van der Waals surface area contributed by atoms with Crippen LogP contribution in [0.2, 0.25) is 0 Å². The largest absolute Gasteiger partial charge is 0.503 e. The lowest BCUT2D eigenvalue weighted by Gasteiger charge is -2.13. The van der Waals surface area contributed by atoms with E-state index in [9.17, 15) is 19.4 Å².